The lowest BCUT2D eigenvalue weighted by molar-refractivity contribution is -0.147. The molecule has 0 aliphatic carbocycles. The van der Waals surface area contributed by atoms with Crippen molar-refractivity contribution in [3.8, 4) is 0 Å². The zero-order valence-electron chi connectivity index (χ0n) is 12.3. The number of hydrogen-bond acceptors (Lipinski definition) is 4. The average Bonchev–Trinajstić information content (AvgIpc) is 2.95. The minimum atomic E-state index is -0.913. The molecule has 1 aromatic carbocycles. The van der Waals surface area contributed by atoms with Crippen LogP contribution in [-0.4, -0.2) is 53.6 Å². The molecule has 21 heavy (non-hydrogen) atoms. The molecule has 0 bridgehead atoms. The van der Waals surface area contributed by atoms with Crippen LogP contribution in [0.2, 0.25) is 0 Å². The van der Waals surface area contributed by atoms with E-state index in [1.165, 1.54) is 16.7 Å². The van der Waals surface area contributed by atoms with Gasteiger partial charge in [-0.2, -0.15) is 0 Å². The summed E-state index contributed by atoms with van der Waals surface area (Å²) in [5.74, 6) is -0.0266. The zero-order chi connectivity index (χ0) is 15.4. The lowest BCUT2D eigenvalue weighted by Crippen LogP contribution is -2.41. The summed E-state index contributed by atoms with van der Waals surface area (Å²) in [4.78, 5) is 26.7. The monoisotopic (exact) mass is 308 g/mol. The first-order valence-corrected chi connectivity index (χ1v) is 8.01. The van der Waals surface area contributed by atoms with Crippen molar-refractivity contribution in [1.29, 1.82) is 0 Å². The van der Waals surface area contributed by atoms with Crippen LogP contribution < -0.4 is 4.90 Å². The zero-order valence-corrected chi connectivity index (χ0v) is 13.1. The van der Waals surface area contributed by atoms with Crippen LogP contribution in [0, 0.1) is 0 Å². The maximum atomic E-state index is 12.1. The number of hydrogen-bond donors (Lipinski definition) is 1. The Kier molecular flexibility index (Phi) is 5.12. The van der Waals surface area contributed by atoms with Gasteiger partial charge in [0.15, 0.2) is 0 Å². The van der Waals surface area contributed by atoms with Gasteiger partial charge in [0.1, 0.15) is 6.04 Å². The summed E-state index contributed by atoms with van der Waals surface area (Å²) in [6.07, 6.45) is 0.992. The van der Waals surface area contributed by atoms with Crippen molar-refractivity contribution in [1.82, 2.24) is 4.90 Å². The normalized spacial score (nSPS) is 17.8. The minimum Gasteiger partial charge on any atom is -0.480 e. The molecule has 0 saturated carbocycles. The predicted octanol–water partition coefficient (Wildman–Crippen LogP) is 1.67. The summed E-state index contributed by atoms with van der Waals surface area (Å²) in [6, 6.07) is 7.39. The van der Waals surface area contributed by atoms with Crippen LogP contribution in [0.15, 0.2) is 24.3 Å². The number of nitrogens with zero attached hydrogens (tertiary/aromatic N) is 2. The van der Waals surface area contributed by atoms with E-state index in [0.29, 0.717) is 24.5 Å². The number of carboxylic acid groups (broad SMARTS) is 1. The number of anilines is 1. The van der Waals surface area contributed by atoms with E-state index >= 15 is 0 Å². The molecule has 5 nitrogen and oxygen atoms in total. The maximum absolute atomic E-state index is 12.1. The quantitative estimate of drug-likeness (QED) is 0.896. The third kappa shape index (κ3) is 3.91. The molecule has 6 heteroatoms. The Labute approximate surface area is 128 Å². The van der Waals surface area contributed by atoms with Crippen molar-refractivity contribution in [3.05, 3.63) is 29.8 Å². The van der Waals surface area contributed by atoms with E-state index < -0.39 is 12.0 Å². The third-order valence-electron chi connectivity index (χ3n) is 3.57. The molecule has 2 rings (SSSR count). The lowest BCUT2D eigenvalue weighted by Gasteiger charge is -2.20. The lowest BCUT2D eigenvalue weighted by atomic mass is 10.1. The fourth-order valence-electron chi connectivity index (χ4n) is 2.25. The van der Waals surface area contributed by atoms with Crippen molar-refractivity contribution in [3.63, 3.8) is 0 Å². The van der Waals surface area contributed by atoms with Gasteiger partial charge in [0.2, 0.25) is 5.91 Å². The Balaban J connectivity index is 1.90. The Morgan fingerprint density at radius 2 is 2.00 bits per heavy atom. The van der Waals surface area contributed by atoms with Gasteiger partial charge in [-0.1, -0.05) is 12.1 Å². The Morgan fingerprint density at radius 1 is 1.33 bits per heavy atom. The molecule has 1 heterocycles. The number of carboxylic acids is 1. The van der Waals surface area contributed by atoms with Gasteiger partial charge in [-0.15, -0.1) is 11.8 Å². The van der Waals surface area contributed by atoms with Crippen molar-refractivity contribution in [2.45, 2.75) is 18.9 Å². The summed E-state index contributed by atoms with van der Waals surface area (Å²) >= 11 is 1.49. The van der Waals surface area contributed by atoms with Gasteiger partial charge in [-0.25, -0.2) is 4.79 Å². The van der Waals surface area contributed by atoms with Crippen molar-refractivity contribution < 1.29 is 14.7 Å². The van der Waals surface area contributed by atoms with Crippen LogP contribution in [0.5, 0.6) is 0 Å². The predicted molar refractivity (Wildman–Crippen MR) is 84.7 cm³/mol. The highest BCUT2D eigenvalue weighted by Gasteiger charge is 2.33. The topological polar surface area (TPSA) is 60.9 Å². The second-order valence-electron chi connectivity index (χ2n) is 5.28. The Hall–Kier alpha value is -1.69. The molecule has 0 aromatic heterocycles. The van der Waals surface area contributed by atoms with Crippen molar-refractivity contribution in [2.75, 3.05) is 30.6 Å². The number of aliphatic carboxylic acids is 1. The van der Waals surface area contributed by atoms with Gasteiger partial charge in [0.25, 0.3) is 0 Å². The van der Waals surface area contributed by atoms with Gasteiger partial charge >= 0.3 is 5.97 Å². The van der Waals surface area contributed by atoms with Gasteiger partial charge in [-0.3, -0.25) is 4.79 Å². The Morgan fingerprint density at radius 3 is 2.57 bits per heavy atom. The largest absolute Gasteiger partial charge is 0.480 e. The van der Waals surface area contributed by atoms with Crippen LogP contribution >= 0.6 is 11.8 Å². The highest BCUT2D eigenvalue weighted by atomic mass is 32.2. The smallest absolute Gasteiger partial charge is 0.327 e. The van der Waals surface area contributed by atoms with Crippen LogP contribution in [0.25, 0.3) is 0 Å². The highest BCUT2D eigenvalue weighted by molar-refractivity contribution is 7.99. The summed E-state index contributed by atoms with van der Waals surface area (Å²) in [7, 11) is 3.96. The van der Waals surface area contributed by atoms with E-state index in [4.69, 9.17) is 5.11 Å². The first-order valence-electron chi connectivity index (χ1n) is 6.85. The van der Waals surface area contributed by atoms with Crippen LogP contribution in [0.1, 0.15) is 12.0 Å². The number of benzene rings is 1. The van der Waals surface area contributed by atoms with E-state index in [-0.39, 0.29) is 5.91 Å². The molecular weight excluding hydrogens is 288 g/mol. The molecule has 0 unspecified atom stereocenters. The molecule has 0 spiro atoms. The summed E-state index contributed by atoms with van der Waals surface area (Å²) in [5.41, 5.74) is 2.21. The third-order valence-corrected chi connectivity index (χ3v) is 4.58. The molecule has 1 aliphatic heterocycles. The number of aryl methyl sites for hydroxylation is 1. The highest BCUT2D eigenvalue weighted by Crippen LogP contribution is 2.22. The summed E-state index contributed by atoms with van der Waals surface area (Å²) in [6.45, 7) is 0. The SMILES string of the molecule is CN(C)c1ccc(CCC(=O)N2CSC[C@H]2C(=O)O)cc1. The number of carbonyl (C=O) groups excluding carboxylic acids is 1. The van der Waals surface area contributed by atoms with Crippen molar-refractivity contribution in [2.24, 2.45) is 0 Å². The molecule has 1 aromatic rings. The number of thioether (sulfide) groups is 1. The summed E-state index contributed by atoms with van der Waals surface area (Å²) < 4.78 is 0. The number of carbonyl (C=O) groups is 2. The molecule has 1 fully saturated rings. The number of rotatable bonds is 5. The molecule has 1 amide bonds. The molecule has 0 radical (unpaired) electrons. The van der Waals surface area contributed by atoms with E-state index in [9.17, 15) is 9.59 Å². The summed E-state index contributed by atoms with van der Waals surface area (Å²) in [5, 5.41) is 9.09. The van der Waals surface area contributed by atoms with Crippen molar-refractivity contribution >= 4 is 29.3 Å². The fraction of sp³-hybridized carbons (Fsp3) is 0.467. The molecule has 1 atom stereocenters. The fourth-order valence-corrected chi connectivity index (χ4v) is 3.42. The Bertz CT molecular complexity index is 516. The second kappa shape index (κ2) is 6.85. The molecule has 114 valence electrons. The minimum absolute atomic E-state index is 0.0795. The molecular formula is C15H20N2O3S. The molecule has 1 saturated heterocycles. The van der Waals surface area contributed by atoms with Crippen LogP contribution in [0.4, 0.5) is 5.69 Å². The second-order valence-corrected chi connectivity index (χ2v) is 6.28. The van der Waals surface area contributed by atoms with Gasteiger partial charge in [0, 0.05) is 32.0 Å². The molecule has 1 aliphatic rings. The molecule has 1 N–H and O–H groups in total. The van der Waals surface area contributed by atoms with E-state index in [0.717, 1.165) is 11.3 Å². The van der Waals surface area contributed by atoms with Gasteiger partial charge < -0.3 is 14.9 Å². The first-order chi connectivity index (χ1) is 9.99. The van der Waals surface area contributed by atoms with Gasteiger partial charge in [-0.05, 0) is 24.1 Å². The van der Waals surface area contributed by atoms with Gasteiger partial charge in [0.05, 0.1) is 5.88 Å². The van der Waals surface area contributed by atoms with Crippen LogP contribution in [0.3, 0.4) is 0 Å². The number of amides is 1. The average molecular weight is 308 g/mol. The van der Waals surface area contributed by atoms with E-state index in [2.05, 4.69) is 0 Å². The van der Waals surface area contributed by atoms with E-state index in [1.54, 1.807) is 0 Å². The maximum Gasteiger partial charge on any atom is 0.327 e. The standard InChI is InChI=1S/C15H20N2O3S/c1-16(2)12-6-3-11(4-7-12)5-8-14(18)17-10-21-9-13(17)15(19)20/h3-4,6-7,13H,5,8-10H2,1-2H3,(H,19,20)/t13-/m0/s1. The first kappa shape index (κ1) is 15.7. The van der Waals surface area contributed by atoms with E-state index in [1.807, 2.05) is 43.3 Å². The van der Waals surface area contributed by atoms with Crippen LogP contribution in [-0.2, 0) is 16.0 Å².